The lowest BCUT2D eigenvalue weighted by atomic mass is 9.87. The Bertz CT molecular complexity index is 2180. The van der Waals surface area contributed by atoms with Gasteiger partial charge in [-0.1, -0.05) is 146 Å². The van der Waals surface area contributed by atoms with Gasteiger partial charge in [-0.3, -0.25) is 0 Å². The molecule has 0 aliphatic heterocycles. The highest BCUT2D eigenvalue weighted by Crippen LogP contribution is 2.43. The van der Waals surface area contributed by atoms with Gasteiger partial charge in [0, 0.05) is 16.7 Å². The van der Waals surface area contributed by atoms with Crippen molar-refractivity contribution in [3.8, 4) is 45.0 Å². The van der Waals surface area contributed by atoms with Crippen molar-refractivity contribution in [3.05, 3.63) is 158 Å². The lowest BCUT2D eigenvalue weighted by Crippen LogP contribution is -1.97. The van der Waals surface area contributed by atoms with Crippen LogP contribution in [0.2, 0.25) is 0 Å². The quantitative estimate of drug-likeness (QED) is 0.166. The maximum absolute atomic E-state index is 5.18. The summed E-state index contributed by atoms with van der Waals surface area (Å²) in [5.41, 5.74) is 7.34. The smallest absolute Gasteiger partial charge is 0.160 e. The number of fused-ring (bicyclic) bond motifs is 4. The van der Waals surface area contributed by atoms with Gasteiger partial charge in [0.15, 0.2) is 5.82 Å². The van der Waals surface area contributed by atoms with E-state index in [1.165, 1.54) is 37.9 Å². The molecule has 1 heterocycles. The van der Waals surface area contributed by atoms with Gasteiger partial charge in [-0.05, 0) is 55.6 Å². The fraction of sp³-hybridized carbons (Fsp3) is 0. The first-order valence-corrected chi connectivity index (χ1v) is 14.3. The minimum absolute atomic E-state index is 0.718. The van der Waals surface area contributed by atoms with Crippen molar-refractivity contribution < 1.29 is 0 Å². The molecule has 0 atom stereocenters. The van der Waals surface area contributed by atoms with Gasteiger partial charge >= 0.3 is 0 Å². The molecule has 0 N–H and O–H groups in total. The minimum Gasteiger partial charge on any atom is -0.228 e. The molecular formula is C40H26N2. The van der Waals surface area contributed by atoms with E-state index in [9.17, 15) is 0 Å². The highest BCUT2D eigenvalue weighted by atomic mass is 14.9. The van der Waals surface area contributed by atoms with Crippen LogP contribution in [0.4, 0.5) is 0 Å². The fourth-order valence-electron chi connectivity index (χ4n) is 6.09. The van der Waals surface area contributed by atoms with E-state index in [2.05, 4.69) is 133 Å². The van der Waals surface area contributed by atoms with Crippen LogP contribution in [0, 0.1) is 0 Å². The highest BCUT2D eigenvalue weighted by Gasteiger charge is 2.18. The predicted octanol–water partition coefficient (Wildman–Crippen LogP) is 10.6. The number of benzene rings is 7. The molecule has 0 radical (unpaired) electrons. The number of aromatic nitrogens is 2. The van der Waals surface area contributed by atoms with Crippen molar-refractivity contribution in [2.24, 2.45) is 0 Å². The molecule has 42 heavy (non-hydrogen) atoms. The van der Waals surface area contributed by atoms with Gasteiger partial charge in [0.2, 0.25) is 0 Å². The number of hydrogen-bond acceptors (Lipinski definition) is 2. The van der Waals surface area contributed by atoms with E-state index >= 15 is 0 Å². The first kappa shape index (κ1) is 24.2. The molecular weight excluding hydrogens is 508 g/mol. The van der Waals surface area contributed by atoms with E-state index < -0.39 is 0 Å². The monoisotopic (exact) mass is 534 g/mol. The zero-order valence-electron chi connectivity index (χ0n) is 22.9. The van der Waals surface area contributed by atoms with Crippen molar-refractivity contribution in [2.45, 2.75) is 0 Å². The van der Waals surface area contributed by atoms with Crippen molar-refractivity contribution in [1.82, 2.24) is 9.97 Å². The Morgan fingerprint density at radius 1 is 0.333 bits per heavy atom. The highest BCUT2D eigenvalue weighted by molar-refractivity contribution is 6.21. The molecule has 0 unspecified atom stereocenters. The lowest BCUT2D eigenvalue weighted by Gasteiger charge is -2.17. The predicted molar refractivity (Wildman–Crippen MR) is 176 cm³/mol. The third-order valence-corrected chi connectivity index (χ3v) is 8.07. The summed E-state index contributed by atoms with van der Waals surface area (Å²) in [7, 11) is 0. The second-order valence-electron chi connectivity index (χ2n) is 10.6. The summed E-state index contributed by atoms with van der Waals surface area (Å²) in [5.74, 6) is 0.718. The molecule has 196 valence electrons. The molecule has 2 nitrogen and oxygen atoms in total. The summed E-state index contributed by atoms with van der Waals surface area (Å²) in [6, 6.07) is 55.6. The Kier molecular flexibility index (Phi) is 5.82. The van der Waals surface area contributed by atoms with Crippen LogP contribution in [0.15, 0.2) is 158 Å². The summed E-state index contributed by atoms with van der Waals surface area (Å²) < 4.78 is 0. The van der Waals surface area contributed by atoms with Gasteiger partial charge < -0.3 is 0 Å². The molecule has 0 fully saturated rings. The molecule has 1 aromatic heterocycles. The maximum Gasteiger partial charge on any atom is 0.160 e. The van der Waals surface area contributed by atoms with Gasteiger partial charge in [-0.15, -0.1) is 0 Å². The zero-order chi connectivity index (χ0) is 27.9. The van der Waals surface area contributed by atoms with E-state index in [0.717, 1.165) is 39.5 Å². The normalized spacial score (nSPS) is 11.3. The second kappa shape index (κ2) is 10.1. The van der Waals surface area contributed by atoms with Gasteiger partial charge in [0.05, 0.1) is 11.4 Å². The van der Waals surface area contributed by atoms with Gasteiger partial charge in [-0.2, -0.15) is 0 Å². The molecule has 8 aromatic rings. The molecule has 0 spiro atoms. The number of hydrogen-bond donors (Lipinski definition) is 0. The average molecular weight is 535 g/mol. The fourth-order valence-corrected chi connectivity index (χ4v) is 6.09. The van der Waals surface area contributed by atoms with Crippen molar-refractivity contribution in [1.29, 1.82) is 0 Å². The Morgan fingerprint density at radius 2 is 0.929 bits per heavy atom. The van der Waals surface area contributed by atoms with Crippen LogP contribution >= 0.6 is 0 Å². The van der Waals surface area contributed by atoms with Crippen LogP contribution in [0.25, 0.3) is 77.3 Å². The minimum atomic E-state index is 0.718. The van der Waals surface area contributed by atoms with Crippen LogP contribution in [-0.2, 0) is 0 Å². The van der Waals surface area contributed by atoms with Crippen LogP contribution in [0.1, 0.15) is 0 Å². The van der Waals surface area contributed by atoms with E-state index in [4.69, 9.17) is 9.97 Å². The summed E-state index contributed by atoms with van der Waals surface area (Å²) in [4.78, 5) is 10.2. The second-order valence-corrected chi connectivity index (χ2v) is 10.6. The first-order chi connectivity index (χ1) is 20.8. The molecule has 0 bridgehead atoms. The van der Waals surface area contributed by atoms with Crippen molar-refractivity contribution in [3.63, 3.8) is 0 Å². The number of rotatable bonds is 4. The zero-order valence-corrected chi connectivity index (χ0v) is 22.9. The van der Waals surface area contributed by atoms with E-state index in [1.807, 2.05) is 24.3 Å². The molecule has 0 aliphatic carbocycles. The largest absolute Gasteiger partial charge is 0.228 e. The molecule has 0 amide bonds. The van der Waals surface area contributed by atoms with E-state index in [1.54, 1.807) is 0 Å². The summed E-state index contributed by atoms with van der Waals surface area (Å²) in [5, 5.41) is 7.46. The topological polar surface area (TPSA) is 25.8 Å². The van der Waals surface area contributed by atoms with Gasteiger partial charge in [0.25, 0.3) is 0 Å². The Morgan fingerprint density at radius 3 is 1.71 bits per heavy atom. The molecule has 0 saturated heterocycles. The molecule has 0 aliphatic rings. The van der Waals surface area contributed by atoms with Crippen molar-refractivity contribution >= 4 is 32.3 Å². The number of nitrogens with zero attached hydrogens (tertiary/aromatic N) is 2. The summed E-state index contributed by atoms with van der Waals surface area (Å²) in [6.07, 6.45) is 0. The third kappa shape index (κ3) is 4.13. The van der Waals surface area contributed by atoms with Gasteiger partial charge in [-0.25, -0.2) is 9.97 Å². The third-order valence-electron chi connectivity index (χ3n) is 8.07. The SMILES string of the molecule is c1ccc(-c2cc(-c3ccccc3-c3c4ccccc4cc4c3ccc3ccccc34)nc(-c3ccccc3)n2)cc1. The molecule has 2 heteroatoms. The van der Waals surface area contributed by atoms with Crippen LogP contribution < -0.4 is 0 Å². The first-order valence-electron chi connectivity index (χ1n) is 14.3. The Hall–Kier alpha value is -5.60. The molecule has 7 aromatic carbocycles. The Labute approximate surface area is 244 Å². The molecule has 8 rings (SSSR count). The summed E-state index contributed by atoms with van der Waals surface area (Å²) in [6.45, 7) is 0. The summed E-state index contributed by atoms with van der Waals surface area (Å²) >= 11 is 0. The van der Waals surface area contributed by atoms with Crippen LogP contribution in [-0.4, -0.2) is 9.97 Å². The lowest BCUT2D eigenvalue weighted by molar-refractivity contribution is 1.18. The standard InChI is InChI=1S/C40H26N2/c1-3-14-28(15-4-1)37-26-38(42-40(41-37)29-16-5-2-6-17-29)33-21-11-12-22-34(33)39-32-20-10-8-18-30(32)25-36-31-19-9-7-13-27(31)23-24-35(36)39/h1-26H. The Balaban J connectivity index is 1.45. The van der Waals surface area contributed by atoms with Crippen molar-refractivity contribution in [2.75, 3.05) is 0 Å². The van der Waals surface area contributed by atoms with E-state index in [0.29, 0.717) is 0 Å². The average Bonchev–Trinajstić information content (AvgIpc) is 3.08. The molecule has 0 saturated carbocycles. The van der Waals surface area contributed by atoms with Crippen LogP contribution in [0.5, 0.6) is 0 Å². The maximum atomic E-state index is 5.18. The van der Waals surface area contributed by atoms with Gasteiger partial charge in [0.1, 0.15) is 0 Å². The van der Waals surface area contributed by atoms with Crippen LogP contribution in [0.3, 0.4) is 0 Å². The van der Waals surface area contributed by atoms with E-state index in [-0.39, 0.29) is 0 Å².